The second-order valence-electron chi connectivity index (χ2n) is 10.9. The third-order valence-electron chi connectivity index (χ3n) is 7.83. The highest BCUT2D eigenvalue weighted by Gasteiger charge is 2.21. The minimum atomic E-state index is 0.619. The van der Waals surface area contributed by atoms with Crippen LogP contribution in [0.2, 0.25) is 5.02 Å². The molecule has 0 radical (unpaired) electrons. The maximum absolute atomic E-state index is 6.75. The predicted molar refractivity (Wildman–Crippen MR) is 197 cm³/mol. The van der Waals surface area contributed by atoms with Gasteiger partial charge in [-0.1, -0.05) is 137 Å². The maximum Gasteiger partial charge on any atom is 0.137 e. The van der Waals surface area contributed by atoms with Gasteiger partial charge < -0.3 is 9.64 Å². The molecule has 0 saturated heterocycles. The molecule has 0 N–H and O–H groups in total. The Balaban J connectivity index is 1.47. The van der Waals surface area contributed by atoms with Gasteiger partial charge in [-0.3, -0.25) is 0 Å². The van der Waals surface area contributed by atoms with E-state index in [1.54, 1.807) is 0 Å². The maximum atomic E-state index is 6.75. The fraction of sp³-hybridized carbons (Fsp3) is 0. The van der Waals surface area contributed by atoms with E-state index in [0.29, 0.717) is 10.8 Å². The van der Waals surface area contributed by atoms with E-state index in [2.05, 4.69) is 154 Å². The number of benzene rings is 7. The molecule has 0 spiro atoms. The van der Waals surface area contributed by atoms with E-state index in [0.717, 1.165) is 55.1 Å². The third kappa shape index (κ3) is 6.48. The van der Waals surface area contributed by atoms with E-state index >= 15 is 0 Å². The van der Waals surface area contributed by atoms with Crippen molar-refractivity contribution in [3.8, 4) is 44.9 Å². The molecular weight excluding hydrogens is 650 g/mol. The summed E-state index contributed by atoms with van der Waals surface area (Å²) >= 11 is 10.0. The molecule has 2 nitrogen and oxygen atoms in total. The van der Waals surface area contributed by atoms with Gasteiger partial charge in [0.05, 0.1) is 5.69 Å². The van der Waals surface area contributed by atoms with Crippen molar-refractivity contribution in [2.75, 3.05) is 4.90 Å². The highest BCUT2D eigenvalue weighted by molar-refractivity contribution is 9.10. The van der Waals surface area contributed by atoms with Crippen LogP contribution in [0, 0.1) is 0 Å². The van der Waals surface area contributed by atoms with Gasteiger partial charge in [0.1, 0.15) is 11.5 Å². The first-order valence-corrected chi connectivity index (χ1v) is 16.2. The molecule has 7 aromatic rings. The summed E-state index contributed by atoms with van der Waals surface area (Å²) in [7, 11) is 0. The second kappa shape index (κ2) is 13.5. The highest BCUT2D eigenvalue weighted by atomic mass is 79.9. The Morgan fingerprint density at radius 3 is 1.61 bits per heavy atom. The lowest BCUT2D eigenvalue weighted by Gasteiger charge is -2.28. The molecule has 0 bridgehead atoms. The topological polar surface area (TPSA) is 12.5 Å². The van der Waals surface area contributed by atoms with Gasteiger partial charge in [0.15, 0.2) is 0 Å². The van der Waals surface area contributed by atoms with Gasteiger partial charge in [-0.15, -0.1) is 0 Å². The average molecular weight is 679 g/mol. The van der Waals surface area contributed by atoms with Crippen LogP contribution in [-0.4, -0.2) is 0 Å². The SMILES string of the molecule is Clc1cccc(Oc2cc(N(c3ccc(Br)cc3)c3ccc(-c4ccccc4)cc3)cc(-c3ccccc3)c2-c2ccccc2)c1. The van der Waals surface area contributed by atoms with Gasteiger partial charge in [0.2, 0.25) is 0 Å². The number of anilines is 3. The first-order valence-electron chi connectivity index (χ1n) is 15.1. The molecule has 0 saturated carbocycles. The molecule has 0 aliphatic heterocycles. The minimum absolute atomic E-state index is 0.619. The molecule has 0 aliphatic rings. The largest absolute Gasteiger partial charge is 0.457 e. The lowest BCUT2D eigenvalue weighted by atomic mass is 9.92. The first-order chi connectivity index (χ1) is 22.6. The van der Waals surface area contributed by atoms with Crippen LogP contribution in [0.1, 0.15) is 0 Å². The fourth-order valence-corrected chi connectivity index (χ4v) is 6.13. The van der Waals surface area contributed by atoms with Crippen LogP contribution in [0.15, 0.2) is 180 Å². The highest BCUT2D eigenvalue weighted by Crippen LogP contribution is 2.47. The van der Waals surface area contributed by atoms with Crippen LogP contribution in [0.5, 0.6) is 11.5 Å². The quantitative estimate of drug-likeness (QED) is 0.159. The van der Waals surface area contributed by atoms with Crippen LogP contribution in [-0.2, 0) is 0 Å². The van der Waals surface area contributed by atoms with E-state index in [1.807, 2.05) is 42.5 Å². The van der Waals surface area contributed by atoms with Crippen LogP contribution in [0.4, 0.5) is 17.1 Å². The lowest BCUT2D eigenvalue weighted by molar-refractivity contribution is 0.485. The summed E-state index contributed by atoms with van der Waals surface area (Å²) < 4.78 is 7.77. The summed E-state index contributed by atoms with van der Waals surface area (Å²) in [5.41, 5.74) is 9.58. The molecule has 7 rings (SSSR count). The Labute approximate surface area is 283 Å². The number of halogens is 2. The third-order valence-corrected chi connectivity index (χ3v) is 8.60. The molecule has 0 unspecified atom stereocenters. The van der Waals surface area contributed by atoms with Gasteiger partial charge in [-0.2, -0.15) is 0 Å². The second-order valence-corrected chi connectivity index (χ2v) is 12.2. The van der Waals surface area contributed by atoms with Crippen molar-refractivity contribution in [3.05, 3.63) is 185 Å². The zero-order chi connectivity index (χ0) is 31.3. The van der Waals surface area contributed by atoms with Gasteiger partial charge in [-0.05, 0) is 88.5 Å². The van der Waals surface area contributed by atoms with Crippen molar-refractivity contribution >= 4 is 44.6 Å². The normalized spacial score (nSPS) is 10.8. The van der Waals surface area contributed by atoms with Crippen molar-refractivity contribution in [2.24, 2.45) is 0 Å². The van der Waals surface area contributed by atoms with Crippen LogP contribution in [0.3, 0.4) is 0 Å². The fourth-order valence-electron chi connectivity index (χ4n) is 5.69. The summed E-state index contributed by atoms with van der Waals surface area (Å²) in [6.45, 7) is 0. The molecule has 0 amide bonds. The molecule has 0 heterocycles. The zero-order valence-electron chi connectivity index (χ0n) is 24.9. The number of ether oxygens (including phenoxy) is 1. The van der Waals surface area contributed by atoms with Crippen molar-refractivity contribution in [2.45, 2.75) is 0 Å². The summed E-state index contributed by atoms with van der Waals surface area (Å²) in [5, 5.41) is 0.619. The number of nitrogens with zero attached hydrogens (tertiary/aromatic N) is 1. The Hall–Kier alpha value is -5.09. The zero-order valence-corrected chi connectivity index (χ0v) is 27.2. The Bertz CT molecular complexity index is 2060. The molecule has 46 heavy (non-hydrogen) atoms. The Morgan fingerprint density at radius 1 is 0.457 bits per heavy atom. The minimum Gasteiger partial charge on any atom is -0.457 e. The first kappa shape index (κ1) is 29.6. The Kier molecular flexibility index (Phi) is 8.69. The van der Waals surface area contributed by atoms with Crippen molar-refractivity contribution in [3.63, 3.8) is 0 Å². The van der Waals surface area contributed by atoms with Gasteiger partial charge in [-0.25, -0.2) is 0 Å². The van der Waals surface area contributed by atoms with Gasteiger partial charge in [0.25, 0.3) is 0 Å². The smallest absolute Gasteiger partial charge is 0.137 e. The molecule has 222 valence electrons. The van der Waals surface area contributed by atoms with Crippen LogP contribution < -0.4 is 9.64 Å². The molecule has 0 fully saturated rings. The predicted octanol–water partition coefficient (Wildman–Crippen LogP) is 13.4. The van der Waals surface area contributed by atoms with Crippen molar-refractivity contribution < 1.29 is 4.74 Å². The van der Waals surface area contributed by atoms with Crippen LogP contribution in [0.25, 0.3) is 33.4 Å². The lowest BCUT2D eigenvalue weighted by Crippen LogP contribution is -2.10. The molecule has 0 aliphatic carbocycles. The van der Waals surface area contributed by atoms with E-state index in [-0.39, 0.29) is 0 Å². The van der Waals surface area contributed by atoms with Crippen LogP contribution >= 0.6 is 27.5 Å². The summed E-state index contributed by atoms with van der Waals surface area (Å²) in [4.78, 5) is 2.27. The molecule has 7 aromatic carbocycles. The molecule has 0 atom stereocenters. The standard InChI is InChI=1S/C42H29BrClNO/c43-34-21-25-37(26-22-34)45(36-23-19-31(20-24-36)30-11-4-1-5-12-30)38-28-40(32-13-6-2-7-14-32)42(33-15-8-3-9-16-33)41(29-38)46-39-18-10-17-35(44)27-39/h1-29H. The van der Waals surface area contributed by atoms with Gasteiger partial charge >= 0.3 is 0 Å². The monoisotopic (exact) mass is 677 g/mol. The average Bonchev–Trinajstić information content (AvgIpc) is 3.10. The van der Waals surface area contributed by atoms with Crippen molar-refractivity contribution in [1.82, 2.24) is 0 Å². The van der Waals surface area contributed by atoms with E-state index in [4.69, 9.17) is 16.3 Å². The summed E-state index contributed by atoms with van der Waals surface area (Å²) in [6, 6.07) is 60.4. The number of rotatable bonds is 8. The molecule has 0 aromatic heterocycles. The van der Waals surface area contributed by atoms with E-state index < -0.39 is 0 Å². The van der Waals surface area contributed by atoms with Crippen molar-refractivity contribution in [1.29, 1.82) is 0 Å². The number of hydrogen-bond acceptors (Lipinski definition) is 2. The van der Waals surface area contributed by atoms with E-state index in [1.165, 1.54) is 5.56 Å². The molecular formula is C42H29BrClNO. The van der Waals surface area contributed by atoms with Gasteiger partial charge in [0, 0.05) is 32.5 Å². The summed E-state index contributed by atoms with van der Waals surface area (Å²) in [6.07, 6.45) is 0. The van der Waals surface area contributed by atoms with E-state index in [9.17, 15) is 0 Å². The Morgan fingerprint density at radius 2 is 1.00 bits per heavy atom. The molecule has 4 heteroatoms. The number of hydrogen-bond donors (Lipinski definition) is 0. The summed E-state index contributed by atoms with van der Waals surface area (Å²) in [5.74, 6) is 1.40.